The summed E-state index contributed by atoms with van der Waals surface area (Å²) in [6, 6.07) is 7.65. The van der Waals surface area contributed by atoms with Crippen molar-refractivity contribution in [1.82, 2.24) is 14.8 Å². The van der Waals surface area contributed by atoms with Crippen molar-refractivity contribution in [3.8, 4) is 0 Å². The van der Waals surface area contributed by atoms with Crippen molar-refractivity contribution in [1.29, 1.82) is 0 Å². The Morgan fingerprint density at radius 2 is 1.88 bits per heavy atom. The minimum atomic E-state index is -1.05. The SMILES string of the molecule is C=CCC1(CC=C)CCC(=Cc2ccc(Cl)cc2)C1(O)Cn1cncn1. The predicted octanol–water partition coefficient (Wildman–Crippen LogP) is 4.68. The highest BCUT2D eigenvalue weighted by Gasteiger charge is 2.55. The van der Waals surface area contributed by atoms with Crippen LogP contribution in [0.25, 0.3) is 6.08 Å². The first-order chi connectivity index (χ1) is 12.5. The van der Waals surface area contributed by atoms with Gasteiger partial charge in [-0.2, -0.15) is 5.10 Å². The molecule has 0 spiro atoms. The molecule has 0 radical (unpaired) electrons. The summed E-state index contributed by atoms with van der Waals surface area (Å²) in [6.07, 6.45) is 12.1. The molecule has 0 bridgehead atoms. The molecule has 1 aliphatic carbocycles. The second-order valence-corrected chi connectivity index (χ2v) is 7.38. The molecule has 1 atom stereocenters. The maximum Gasteiger partial charge on any atom is 0.137 e. The summed E-state index contributed by atoms with van der Waals surface area (Å²) in [5, 5.41) is 16.8. The highest BCUT2D eigenvalue weighted by Crippen LogP contribution is 2.55. The Morgan fingerprint density at radius 1 is 1.19 bits per heavy atom. The van der Waals surface area contributed by atoms with Crippen molar-refractivity contribution in [2.75, 3.05) is 0 Å². The number of rotatable bonds is 7. The second kappa shape index (κ2) is 7.60. The van der Waals surface area contributed by atoms with Gasteiger partial charge in [-0.1, -0.05) is 42.0 Å². The molecule has 26 heavy (non-hydrogen) atoms. The van der Waals surface area contributed by atoms with Crippen LogP contribution in [-0.4, -0.2) is 25.5 Å². The van der Waals surface area contributed by atoms with E-state index in [1.807, 2.05) is 36.4 Å². The molecule has 0 aliphatic heterocycles. The molecule has 1 aliphatic rings. The number of nitrogens with zero attached hydrogens (tertiary/aromatic N) is 3. The number of aliphatic hydroxyl groups is 1. The number of allylic oxidation sites excluding steroid dienone is 2. The second-order valence-electron chi connectivity index (χ2n) is 6.94. The van der Waals surface area contributed by atoms with Gasteiger partial charge < -0.3 is 5.11 Å². The summed E-state index contributed by atoms with van der Waals surface area (Å²) in [5.41, 5.74) is 0.622. The molecule has 0 amide bonds. The summed E-state index contributed by atoms with van der Waals surface area (Å²) in [7, 11) is 0. The van der Waals surface area contributed by atoms with Crippen molar-refractivity contribution < 1.29 is 5.11 Å². The summed E-state index contributed by atoms with van der Waals surface area (Å²) < 4.78 is 1.70. The number of benzene rings is 1. The molecule has 1 N–H and O–H groups in total. The van der Waals surface area contributed by atoms with E-state index in [1.54, 1.807) is 11.0 Å². The van der Waals surface area contributed by atoms with Gasteiger partial charge in [-0.3, -0.25) is 0 Å². The molecular weight excluding hydrogens is 346 g/mol. The van der Waals surface area contributed by atoms with Crippen molar-refractivity contribution in [3.63, 3.8) is 0 Å². The Bertz CT molecular complexity index is 785. The molecule has 5 heteroatoms. The van der Waals surface area contributed by atoms with E-state index in [1.165, 1.54) is 6.33 Å². The van der Waals surface area contributed by atoms with E-state index in [0.717, 1.165) is 24.0 Å². The summed E-state index contributed by atoms with van der Waals surface area (Å²) in [5.74, 6) is 0. The van der Waals surface area contributed by atoms with Crippen LogP contribution in [0.1, 0.15) is 31.2 Å². The third kappa shape index (κ3) is 3.39. The predicted molar refractivity (Wildman–Crippen MR) is 106 cm³/mol. The highest BCUT2D eigenvalue weighted by molar-refractivity contribution is 6.30. The van der Waals surface area contributed by atoms with Gasteiger partial charge in [0.1, 0.15) is 18.3 Å². The van der Waals surface area contributed by atoms with Crippen molar-refractivity contribution in [2.45, 2.75) is 37.8 Å². The molecule has 1 aromatic heterocycles. The van der Waals surface area contributed by atoms with E-state index in [0.29, 0.717) is 24.4 Å². The van der Waals surface area contributed by atoms with Gasteiger partial charge in [0.05, 0.1) is 6.54 Å². The van der Waals surface area contributed by atoms with E-state index in [9.17, 15) is 5.11 Å². The van der Waals surface area contributed by atoms with E-state index in [4.69, 9.17) is 11.6 Å². The number of halogens is 1. The molecule has 4 nitrogen and oxygen atoms in total. The lowest BCUT2D eigenvalue weighted by Gasteiger charge is -2.42. The Hall–Kier alpha value is -2.17. The summed E-state index contributed by atoms with van der Waals surface area (Å²) in [4.78, 5) is 4.02. The fourth-order valence-corrected chi connectivity index (χ4v) is 4.20. The molecule has 1 aromatic carbocycles. The standard InChI is InChI=1S/C21H24ClN3O/c1-3-10-20(11-4-2)12-9-18(13-17-5-7-19(22)8-6-17)21(20,26)14-25-16-23-15-24-25/h3-8,13,15-16,26H,1-2,9-12,14H2. The van der Waals surface area contributed by atoms with E-state index in [-0.39, 0.29) is 5.41 Å². The van der Waals surface area contributed by atoms with Gasteiger partial charge in [-0.05, 0) is 49.0 Å². The van der Waals surface area contributed by atoms with E-state index in [2.05, 4.69) is 29.3 Å². The van der Waals surface area contributed by atoms with Crippen LogP contribution in [0, 0.1) is 5.41 Å². The van der Waals surface area contributed by atoms with Gasteiger partial charge in [0, 0.05) is 10.4 Å². The third-order valence-electron chi connectivity index (χ3n) is 5.42. The lowest BCUT2D eigenvalue weighted by atomic mass is 9.68. The third-order valence-corrected chi connectivity index (χ3v) is 5.67. The van der Waals surface area contributed by atoms with E-state index < -0.39 is 5.60 Å². The molecule has 2 aromatic rings. The fraction of sp³-hybridized carbons (Fsp3) is 0.333. The van der Waals surface area contributed by atoms with Crippen molar-refractivity contribution >= 4 is 17.7 Å². The largest absolute Gasteiger partial charge is 0.383 e. The van der Waals surface area contributed by atoms with Crippen LogP contribution < -0.4 is 0 Å². The minimum Gasteiger partial charge on any atom is -0.383 e. The van der Waals surface area contributed by atoms with Gasteiger partial charge >= 0.3 is 0 Å². The smallest absolute Gasteiger partial charge is 0.137 e. The minimum absolute atomic E-state index is 0.347. The molecule has 3 rings (SSSR count). The van der Waals surface area contributed by atoms with Crippen molar-refractivity contribution in [2.24, 2.45) is 5.41 Å². The van der Waals surface area contributed by atoms with E-state index >= 15 is 0 Å². The van der Waals surface area contributed by atoms with Crippen LogP contribution in [0.3, 0.4) is 0 Å². The Labute approximate surface area is 159 Å². The first kappa shape index (κ1) is 18.6. The monoisotopic (exact) mass is 369 g/mol. The maximum atomic E-state index is 11.9. The van der Waals surface area contributed by atoms with Gasteiger partial charge in [-0.25, -0.2) is 9.67 Å². The van der Waals surface area contributed by atoms with Gasteiger partial charge in [-0.15, -0.1) is 13.2 Å². The molecule has 0 saturated heterocycles. The van der Waals surface area contributed by atoms with Crippen LogP contribution in [0.15, 0.2) is 67.8 Å². The molecule has 136 valence electrons. The van der Waals surface area contributed by atoms with Gasteiger partial charge in [0.15, 0.2) is 0 Å². The summed E-state index contributed by atoms with van der Waals surface area (Å²) in [6.45, 7) is 8.19. The molecule has 1 saturated carbocycles. The molecule has 1 unspecified atom stereocenters. The summed E-state index contributed by atoms with van der Waals surface area (Å²) >= 11 is 6.00. The lowest BCUT2D eigenvalue weighted by molar-refractivity contribution is -0.0473. The van der Waals surface area contributed by atoms with Crippen LogP contribution >= 0.6 is 11.6 Å². The van der Waals surface area contributed by atoms with Crippen molar-refractivity contribution in [3.05, 3.63) is 78.4 Å². The van der Waals surface area contributed by atoms with Crippen LogP contribution in [0.4, 0.5) is 0 Å². The average Bonchev–Trinajstić information content (AvgIpc) is 3.20. The molecule has 1 fully saturated rings. The Morgan fingerprint density at radius 3 is 2.46 bits per heavy atom. The number of hydrogen-bond donors (Lipinski definition) is 1. The zero-order valence-corrected chi connectivity index (χ0v) is 15.6. The van der Waals surface area contributed by atoms with Crippen LogP contribution in [0.2, 0.25) is 5.02 Å². The Balaban J connectivity index is 2.06. The fourth-order valence-electron chi connectivity index (χ4n) is 4.08. The topological polar surface area (TPSA) is 50.9 Å². The Kier molecular flexibility index (Phi) is 5.44. The first-order valence-corrected chi connectivity index (χ1v) is 9.14. The average molecular weight is 370 g/mol. The zero-order valence-electron chi connectivity index (χ0n) is 14.8. The van der Waals surface area contributed by atoms with Gasteiger partial charge in [0.25, 0.3) is 0 Å². The quantitative estimate of drug-likeness (QED) is 0.721. The lowest BCUT2D eigenvalue weighted by Crippen LogP contribution is -2.48. The van der Waals surface area contributed by atoms with Crippen LogP contribution in [-0.2, 0) is 6.54 Å². The zero-order chi connectivity index (χ0) is 18.6. The highest BCUT2D eigenvalue weighted by atomic mass is 35.5. The normalized spacial score (nSPS) is 23.2. The van der Waals surface area contributed by atoms with Crippen LogP contribution in [0.5, 0.6) is 0 Å². The van der Waals surface area contributed by atoms with Gasteiger partial charge in [0.2, 0.25) is 0 Å². The molecule has 1 heterocycles. The maximum absolute atomic E-state index is 11.9. The molecular formula is C21H24ClN3O. The first-order valence-electron chi connectivity index (χ1n) is 8.76. The number of hydrogen-bond acceptors (Lipinski definition) is 3. The number of aromatic nitrogens is 3.